The summed E-state index contributed by atoms with van der Waals surface area (Å²) in [5, 5.41) is 0. The summed E-state index contributed by atoms with van der Waals surface area (Å²) in [6, 6.07) is 29.2. The fourth-order valence-electron chi connectivity index (χ4n) is 3.26. The summed E-state index contributed by atoms with van der Waals surface area (Å²) in [4.78, 5) is 15.2. The first-order valence-electron chi connectivity index (χ1n) is 8.62. The summed E-state index contributed by atoms with van der Waals surface area (Å²) >= 11 is 0. The molecule has 3 aromatic carbocycles. The van der Waals surface area contributed by atoms with Gasteiger partial charge in [-0.3, -0.25) is 9.69 Å². The second kappa shape index (κ2) is 6.89. The highest BCUT2D eigenvalue weighted by molar-refractivity contribution is 6.27. The number of amides is 1. The van der Waals surface area contributed by atoms with Crippen LogP contribution in [-0.2, 0) is 9.53 Å². The number of hydrogen-bond acceptors (Lipinski definition) is 2. The van der Waals surface area contributed by atoms with E-state index >= 15 is 0 Å². The summed E-state index contributed by atoms with van der Waals surface area (Å²) in [7, 11) is 0. The summed E-state index contributed by atoms with van der Waals surface area (Å²) in [5.41, 5.74) is 3.22. The molecule has 26 heavy (non-hydrogen) atoms. The Bertz CT molecular complexity index is 934. The van der Waals surface area contributed by atoms with Crippen LogP contribution >= 0.6 is 0 Å². The molecule has 1 heterocycles. The van der Waals surface area contributed by atoms with Crippen LogP contribution in [0.2, 0.25) is 0 Å². The second-order valence-electron chi connectivity index (χ2n) is 6.19. The third-order valence-electron chi connectivity index (χ3n) is 4.49. The molecule has 0 aromatic heterocycles. The van der Waals surface area contributed by atoms with Gasteiger partial charge in [0.2, 0.25) is 6.23 Å². The van der Waals surface area contributed by atoms with E-state index < -0.39 is 6.23 Å². The van der Waals surface area contributed by atoms with E-state index in [1.807, 2.05) is 97.9 Å². The Kier molecular flexibility index (Phi) is 4.28. The minimum Gasteiger partial charge on any atom is -0.470 e. The molecule has 3 aromatic rings. The molecular weight excluding hydrogens is 322 g/mol. The molecule has 0 radical (unpaired) electrons. The third kappa shape index (κ3) is 2.88. The Morgan fingerprint density at radius 1 is 0.769 bits per heavy atom. The Morgan fingerprint density at radius 2 is 1.31 bits per heavy atom. The lowest BCUT2D eigenvalue weighted by molar-refractivity contribution is -0.117. The number of para-hydroxylation sites is 1. The lowest BCUT2D eigenvalue weighted by Crippen LogP contribution is -2.40. The average Bonchev–Trinajstić information content (AvgIpc) is 2.70. The zero-order valence-electron chi connectivity index (χ0n) is 14.5. The number of benzene rings is 3. The van der Waals surface area contributed by atoms with Gasteiger partial charge in [0, 0.05) is 11.3 Å². The van der Waals surface area contributed by atoms with Gasteiger partial charge < -0.3 is 4.74 Å². The molecule has 1 amide bonds. The van der Waals surface area contributed by atoms with Gasteiger partial charge in [-0.1, -0.05) is 78.9 Å². The molecule has 0 saturated carbocycles. The number of carbonyl (C=O) groups excluding carboxylic acids is 1. The number of allylic oxidation sites excluding steroid dienone is 1. The van der Waals surface area contributed by atoms with E-state index in [1.165, 1.54) is 0 Å². The Hall–Kier alpha value is -3.33. The molecule has 3 nitrogen and oxygen atoms in total. The maximum atomic E-state index is 13.5. The minimum absolute atomic E-state index is 0.0556. The highest BCUT2D eigenvalue weighted by Crippen LogP contribution is 2.39. The van der Waals surface area contributed by atoms with Crippen LogP contribution in [0.5, 0.6) is 0 Å². The van der Waals surface area contributed by atoms with Crippen LogP contribution in [0.25, 0.3) is 5.57 Å². The first-order chi connectivity index (χ1) is 12.8. The van der Waals surface area contributed by atoms with Gasteiger partial charge in [0.1, 0.15) is 5.76 Å². The van der Waals surface area contributed by atoms with Gasteiger partial charge in [0.25, 0.3) is 5.91 Å². The highest BCUT2D eigenvalue weighted by atomic mass is 16.5. The zero-order valence-corrected chi connectivity index (χ0v) is 14.5. The normalized spacial score (nSPS) is 17.2. The van der Waals surface area contributed by atoms with Crippen molar-refractivity contribution < 1.29 is 9.53 Å². The van der Waals surface area contributed by atoms with Gasteiger partial charge in [0.15, 0.2) is 0 Å². The van der Waals surface area contributed by atoms with Crippen molar-refractivity contribution in [2.24, 2.45) is 0 Å². The molecule has 0 aliphatic carbocycles. The van der Waals surface area contributed by atoms with Crippen molar-refractivity contribution in [3.8, 4) is 0 Å². The predicted octanol–water partition coefficient (Wildman–Crippen LogP) is 5.18. The summed E-state index contributed by atoms with van der Waals surface area (Å²) in [6.45, 7) is 1.86. The number of rotatable bonds is 3. The topological polar surface area (TPSA) is 29.5 Å². The number of carbonyl (C=O) groups is 1. The van der Waals surface area contributed by atoms with Gasteiger partial charge in [0.05, 0.1) is 5.57 Å². The third-order valence-corrected chi connectivity index (χ3v) is 4.49. The van der Waals surface area contributed by atoms with Crippen molar-refractivity contribution in [2.45, 2.75) is 13.2 Å². The monoisotopic (exact) mass is 341 g/mol. The van der Waals surface area contributed by atoms with Crippen LogP contribution in [0.4, 0.5) is 5.69 Å². The van der Waals surface area contributed by atoms with Crippen molar-refractivity contribution >= 4 is 17.2 Å². The first kappa shape index (κ1) is 16.2. The van der Waals surface area contributed by atoms with Gasteiger partial charge in [-0.25, -0.2) is 0 Å². The molecule has 0 saturated heterocycles. The Labute approximate surface area is 153 Å². The molecule has 0 N–H and O–H groups in total. The smallest absolute Gasteiger partial charge is 0.265 e. The lowest BCUT2D eigenvalue weighted by atomic mass is 10.00. The number of anilines is 1. The van der Waals surface area contributed by atoms with Crippen LogP contribution in [0.1, 0.15) is 24.3 Å². The first-order valence-corrected chi connectivity index (χ1v) is 8.62. The highest BCUT2D eigenvalue weighted by Gasteiger charge is 2.36. The molecular formula is C23H19NO2. The number of nitrogens with zero attached hydrogens (tertiary/aromatic N) is 1. The zero-order chi connectivity index (χ0) is 17.9. The standard InChI is InChI=1S/C23H19NO2/c1-17-21(18-11-5-2-6-12-18)22(25)24(20-15-9-4-10-16-20)23(26-17)19-13-7-3-8-14-19/h2-16,23H,1H3/t23-/m1/s1. The average molecular weight is 341 g/mol. The van der Waals surface area contributed by atoms with E-state index in [1.54, 1.807) is 4.90 Å². The quantitative estimate of drug-likeness (QED) is 0.657. The van der Waals surface area contributed by atoms with E-state index in [-0.39, 0.29) is 5.91 Å². The van der Waals surface area contributed by atoms with Crippen molar-refractivity contribution in [1.82, 2.24) is 0 Å². The molecule has 4 rings (SSSR count). The summed E-state index contributed by atoms with van der Waals surface area (Å²) in [5.74, 6) is 0.585. The van der Waals surface area contributed by atoms with Gasteiger partial charge in [-0.05, 0) is 24.6 Å². The van der Waals surface area contributed by atoms with Crippen molar-refractivity contribution in [2.75, 3.05) is 4.90 Å². The van der Waals surface area contributed by atoms with E-state index in [2.05, 4.69) is 0 Å². The SMILES string of the molecule is CC1=C(c2ccccc2)C(=O)N(c2ccccc2)[C@@H](c2ccccc2)O1. The molecule has 0 spiro atoms. The van der Waals surface area contributed by atoms with E-state index in [4.69, 9.17) is 4.74 Å². The van der Waals surface area contributed by atoms with Gasteiger partial charge >= 0.3 is 0 Å². The maximum absolute atomic E-state index is 13.5. The second-order valence-corrected chi connectivity index (χ2v) is 6.19. The fraction of sp³-hybridized carbons (Fsp3) is 0.0870. The van der Waals surface area contributed by atoms with Crippen molar-refractivity contribution in [3.05, 3.63) is 108 Å². The molecule has 128 valence electrons. The maximum Gasteiger partial charge on any atom is 0.265 e. The van der Waals surface area contributed by atoms with Crippen LogP contribution < -0.4 is 4.90 Å². The molecule has 1 aliphatic heterocycles. The summed E-state index contributed by atoms with van der Waals surface area (Å²) < 4.78 is 6.26. The van der Waals surface area contributed by atoms with Crippen LogP contribution in [0.3, 0.4) is 0 Å². The Morgan fingerprint density at radius 3 is 1.92 bits per heavy atom. The van der Waals surface area contributed by atoms with Crippen LogP contribution in [0.15, 0.2) is 96.8 Å². The van der Waals surface area contributed by atoms with E-state index in [0.717, 1.165) is 16.8 Å². The predicted molar refractivity (Wildman–Crippen MR) is 103 cm³/mol. The molecule has 0 fully saturated rings. The molecule has 1 aliphatic rings. The van der Waals surface area contributed by atoms with E-state index in [0.29, 0.717) is 11.3 Å². The fourth-order valence-corrected chi connectivity index (χ4v) is 3.26. The largest absolute Gasteiger partial charge is 0.470 e. The van der Waals surface area contributed by atoms with Crippen molar-refractivity contribution in [1.29, 1.82) is 0 Å². The minimum atomic E-state index is -0.487. The lowest BCUT2D eigenvalue weighted by Gasteiger charge is -2.37. The van der Waals surface area contributed by atoms with E-state index in [9.17, 15) is 4.79 Å². The van der Waals surface area contributed by atoms with Crippen LogP contribution in [0, 0.1) is 0 Å². The number of hydrogen-bond donors (Lipinski definition) is 0. The Balaban J connectivity index is 1.86. The van der Waals surface area contributed by atoms with Gasteiger partial charge in [-0.15, -0.1) is 0 Å². The van der Waals surface area contributed by atoms with Gasteiger partial charge in [-0.2, -0.15) is 0 Å². The molecule has 0 unspecified atom stereocenters. The van der Waals surface area contributed by atoms with Crippen LogP contribution in [-0.4, -0.2) is 5.91 Å². The summed E-state index contributed by atoms with van der Waals surface area (Å²) in [6.07, 6.45) is -0.487. The number of ether oxygens (including phenoxy) is 1. The van der Waals surface area contributed by atoms with Crippen molar-refractivity contribution in [3.63, 3.8) is 0 Å². The molecule has 3 heteroatoms. The molecule has 1 atom stereocenters. The molecule has 0 bridgehead atoms.